The molecule has 2 nitrogen and oxygen atoms in total. The van der Waals surface area contributed by atoms with Gasteiger partial charge in [0.25, 0.3) is 0 Å². The van der Waals surface area contributed by atoms with E-state index >= 15 is 0 Å². The van der Waals surface area contributed by atoms with E-state index in [2.05, 4.69) is 15.6 Å². The lowest BCUT2D eigenvalue weighted by Gasteiger charge is -2.10. The van der Waals surface area contributed by atoms with Crippen LogP contribution in [0.4, 0.5) is 0 Å². The molecule has 3 rings (SSSR count). The number of nitrogens with zero attached hydrogens (tertiary/aromatic N) is 1. The standard InChI is InChI=1S/C14H17ClN2S/c15-11-6-3-7-12-13(11)16-14(18)17(12)9-8-10-4-1-2-5-10/h3,6-7,10H,1-2,4-5,8-9H2,(H,16,18). The molecule has 1 aromatic carbocycles. The van der Waals surface area contributed by atoms with Gasteiger partial charge in [-0.2, -0.15) is 0 Å². The monoisotopic (exact) mass is 280 g/mol. The number of benzene rings is 1. The molecule has 18 heavy (non-hydrogen) atoms. The van der Waals surface area contributed by atoms with Crippen LogP contribution in [-0.4, -0.2) is 9.55 Å². The van der Waals surface area contributed by atoms with E-state index < -0.39 is 0 Å². The Hall–Kier alpha value is -0.800. The van der Waals surface area contributed by atoms with Gasteiger partial charge in [0.15, 0.2) is 4.77 Å². The highest BCUT2D eigenvalue weighted by Crippen LogP contribution is 2.29. The zero-order chi connectivity index (χ0) is 12.5. The highest BCUT2D eigenvalue weighted by Gasteiger charge is 2.15. The summed E-state index contributed by atoms with van der Waals surface area (Å²) < 4.78 is 2.98. The molecule has 0 saturated heterocycles. The number of hydrogen-bond acceptors (Lipinski definition) is 1. The Morgan fingerprint density at radius 2 is 2.11 bits per heavy atom. The molecule has 1 heterocycles. The Morgan fingerprint density at radius 1 is 1.33 bits per heavy atom. The summed E-state index contributed by atoms with van der Waals surface area (Å²) in [4.78, 5) is 3.22. The first-order valence-corrected chi connectivity index (χ1v) is 7.41. The van der Waals surface area contributed by atoms with Crippen molar-refractivity contribution >= 4 is 34.9 Å². The second-order valence-electron chi connectivity index (χ2n) is 5.15. The van der Waals surface area contributed by atoms with Crippen LogP contribution in [0.5, 0.6) is 0 Å². The van der Waals surface area contributed by atoms with E-state index in [9.17, 15) is 0 Å². The molecule has 1 N–H and O–H groups in total. The molecule has 0 aliphatic heterocycles. The van der Waals surface area contributed by atoms with Crippen molar-refractivity contribution in [2.24, 2.45) is 5.92 Å². The summed E-state index contributed by atoms with van der Waals surface area (Å²) in [5.74, 6) is 0.885. The summed E-state index contributed by atoms with van der Waals surface area (Å²) in [7, 11) is 0. The van der Waals surface area contributed by atoms with Crippen molar-refractivity contribution in [2.45, 2.75) is 38.6 Å². The topological polar surface area (TPSA) is 20.7 Å². The van der Waals surface area contributed by atoms with Crippen LogP contribution in [0, 0.1) is 10.7 Å². The quantitative estimate of drug-likeness (QED) is 0.791. The maximum atomic E-state index is 6.18. The zero-order valence-corrected chi connectivity index (χ0v) is 11.9. The number of para-hydroxylation sites is 1. The Labute approximate surface area is 117 Å². The zero-order valence-electron chi connectivity index (χ0n) is 10.3. The van der Waals surface area contributed by atoms with Gasteiger partial charge in [0.2, 0.25) is 0 Å². The fraction of sp³-hybridized carbons (Fsp3) is 0.500. The van der Waals surface area contributed by atoms with Crippen LogP contribution in [0.25, 0.3) is 11.0 Å². The molecule has 1 aliphatic carbocycles. The van der Waals surface area contributed by atoms with Crippen LogP contribution in [0.2, 0.25) is 5.02 Å². The third-order valence-electron chi connectivity index (χ3n) is 4.00. The average Bonchev–Trinajstić information content (AvgIpc) is 2.95. The third kappa shape index (κ3) is 2.21. The van der Waals surface area contributed by atoms with Crippen molar-refractivity contribution in [1.82, 2.24) is 9.55 Å². The predicted molar refractivity (Wildman–Crippen MR) is 78.7 cm³/mol. The minimum absolute atomic E-state index is 0.748. The summed E-state index contributed by atoms with van der Waals surface area (Å²) in [6.45, 7) is 1.00. The highest BCUT2D eigenvalue weighted by molar-refractivity contribution is 7.71. The maximum Gasteiger partial charge on any atom is 0.178 e. The first-order chi connectivity index (χ1) is 8.75. The van der Waals surface area contributed by atoms with E-state index in [-0.39, 0.29) is 0 Å². The molecule has 2 aromatic rings. The number of aromatic amines is 1. The van der Waals surface area contributed by atoms with Crippen LogP contribution in [0.15, 0.2) is 18.2 Å². The third-order valence-corrected chi connectivity index (χ3v) is 4.63. The van der Waals surface area contributed by atoms with Gasteiger partial charge in [0, 0.05) is 6.54 Å². The maximum absolute atomic E-state index is 6.18. The van der Waals surface area contributed by atoms with Crippen molar-refractivity contribution in [1.29, 1.82) is 0 Å². The largest absolute Gasteiger partial charge is 0.329 e. The van der Waals surface area contributed by atoms with Crippen LogP contribution < -0.4 is 0 Å². The van der Waals surface area contributed by atoms with E-state index in [1.165, 1.54) is 32.1 Å². The Morgan fingerprint density at radius 3 is 2.89 bits per heavy atom. The minimum Gasteiger partial charge on any atom is -0.329 e. The number of fused-ring (bicyclic) bond motifs is 1. The van der Waals surface area contributed by atoms with Crippen LogP contribution in [0.3, 0.4) is 0 Å². The molecule has 0 amide bonds. The van der Waals surface area contributed by atoms with Gasteiger partial charge in [-0.25, -0.2) is 0 Å². The SMILES string of the molecule is S=c1[nH]c2c(Cl)cccc2n1CCC1CCCC1. The summed E-state index contributed by atoms with van der Waals surface area (Å²) in [6.07, 6.45) is 6.80. The summed E-state index contributed by atoms with van der Waals surface area (Å²) in [5.41, 5.74) is 2.10. The number of hydrogen-bond donors (Lipinski definition) is 1. The number of rotatable bonds is 3. The fourth-order valence-corrected chi connectivity index (χ4v) is 3.49. The van der Waals surface area contributed by atoms with Crippen LogP contribution >= 0.6 is 23.8 Å². The molecule has 96 valence electrons. The molecule has 1 fully saturated rings. The number of aryl methyl sites for hydroxylation is 1. The Bertz CT molecular complexity index is 608. The number of H-pyrrole nitrogens is 1. The van der Waals surface area contributed by atoms with Crippen LogP contribution in [-0.2, 0) is 6.54 Å². The van der Waals surface area contributed by atoms with Gasteiger partial charge in [0.1, 0.15) is 0 Å². The molecule has 1 aliphatic rings. The number of halogens is 1. The average molecular weight is 281 g/mol. The molecule has 1 saturated carbocycles. The molecule has 1 aromatic heterocycles. The lowest BCUT2D eigenvalue weighted by molar-refractivity contribution is 0.461. The molecule has 0 spiro atoms. The van der Waals surface area contributed by atoms with E-state index in [0.29, 0.717) is 0 Å². The molecule has 0 bridgehead atoms. The first kappa shape index (κ1) is 12.2. The van der Waals surface area contributed by atoms with Crippen molar-refractivity contribution in [3.63, 3.8) is 0 Å². The summed E-state index contributed by atoms with van der Waals surface area (Å²) >= 11 is 11.6. The molecule has 0 atom stereocenters. The Balaban J connectivity index is 1.89. The lowest BCUT2D eigenvalue weighted by Crippen LogP contribution is -2.03. The van der Waals surface area contributed by atoms with Crippen molar-refractivity contribution in [3.8, 4) is 0 Å². The smallest absolute Gasteiger partial charge is 0.178 e. The van der Waals surface area contributed by atoms with Gasteiger partial charge in [-0.05, 0) is 36.7 Å². The lowest BCUT2D eigenvalue weighted by atomic mass is 10.0. The van der Waals surface area contributed by atoms with Crippen molar-refractivity contribution < 1.29 is 0 Å². The number of aromatic nitrogens is 2. The van der Waals surface area contributed by atoms with Crippen LogP contribution in [0.1, 0.15) is 32.1 Å². The van der Waals surface area contributed by atoms with Gasteiger partial charge < -0.3 is 9.55 Å². The van der Waals surface area contributed by atoms with E-state index in [0.717, 1.165) is 33.3 Å². The van der Waals surface area contributed by atoms with E-state index in [4.69, 9.17) is 23.8 Å². The van der Waals surface area contributed by atoms with Gasteiger partial charge in [-0.15, -0.1) is 0 Å². The molecule has 0 radical (unpaired) electrons. The second-order valence-corrected chi connectivity index (χ2v) is 5.95. The van der Waals surface area contributed by atoms with E-state index in [1.54, 1.807) is 0 Å². The van der Waals surface area contributed by atoms with Gasteiger partial charge in [-0.1, -0.05) is 43.4 Å². The summed E-state index contributed by atoms with van der Waals surface area (Å²) in [5, 5.41) is 0.748. The summed E-state index contributed by atoms with van der Waals surface area (Å²) in [6, 6.07) is 5.97. The van der Waals surface area contributed by atoms with Crippen molar-refractivity contribution in [3.05, 3.63) is 28.0 Å². The normalized spacial score (nSPS) is 16.7. The highest BCUT2D eigenvalue weighted by atomic mass is 35.5. The molecule has 0 unspecified atom stereocenters. The second kappa shape index (κ2) is 5.06. The minimum atomic E-state index is 0.748. The molecular weight excluding hydrogens is 264 g/mol. The fourth-order valence-electron chi connectivity index (χ4n) is 2.98. The van der Waals surface area contributed by atoms with Gasteiger partial charge in [-0.3, -0.25) is 0 Å². The van der Waals surface area contributed by atoms with E-state index in [1.807, 2.05) is 12.1 Å². The molecular formula is C14H17ClN2S. The molecule has 4 heteroatoms. The van der Waals surface area contributed by atoms with Gasteiger partial charge >= 0.3 is 0 Å². The van der Waals surface area contributed by atoms with Gasteiger partial charge in [0.05, 0.1) is 16.1 Å². The predicted octanol–water partition coefficient (Wildman–Crippen LogP) is 4.93. The Kier molecular flexibility index (Phi) is 3.44. The number of imidazole rings is 1. The number of nitrogens with one attached hydrogen (secondary N) is 1. The first-order valence-electron chi connectivity index (χ1n) is 6.63. The van der Waals surface area contributed by atoms with Crippen molar-refractivity contribution in [2.75, 3.05) is 0 Å².